The highest BCUT2D eigenvalue weighted by Gasteiger charge is 2.41. The van der Waals surface area contributed by atoms with Gasteiger partial charge in [0.15, 0.2) is 11.5 Å². The second-order valence-corrected chi connectivity index (χ2v) is 7.67. The van der Waals surface area contributed by atoms with Crippen molar-refractivity contribution in [3.8, 4) is 0 Å². The lowest BCUT2D eigenvalue weighted by molar-refractivity contribution is -0.141. The highest BCUT2D eigenvalue weighted by molar-refractivity contribution is 6.29. The Hall–Kier alpha value is -2.75. The minimum atomic E-state index is -4.63. The largest absolute Gasteiger partial charge is 0.406 e. The average molecular weight is 442 g/mol. The minimum absolute atomic E-state index is 0.0335. The first-order valence-corrected chi connectivity index (χ1v) is 9.44. The van der Waals surface area contributed by atoms with Crippen LogP contribution in [0.25, 0.3) is 16.7 Å². The van der Waals surface area contributed by atoms with Gasteiger partial charge in [0.2, 0.25) is 0 Å². The molecule has 11 heteroatoms. The normalized spacial score (nSPS) is 19.3. The maximum Gasteiger partial charge on any atom is 0.406 e. The Morgan fingerprint density at radius 2 is 1.97 bits per heavy atom. The molecule has 0 aliphatic heterocycles. The Labute approximate surface area is 171 Å². The third-order valence-electron chi connectivity index (χ3n) is 5.31. The molecule has 1 saturated carbocycles. The topological polar surface area (TPSA) is 48.0 Å². The molecule has 0 amide bonds. The Kier molecular flexibility index (Phi) is 4.25. The van der Waals surface area contributed by atoms with E-state index >= 15 is 0 Å². The van der Waals surface area contributed by atoms with Crippen molar-refractivity contribution >= 4 is 28.3 Å². The Morgan fingerprint density at radius 1 is 1.17 bits per heavy atom. The van der Waals surface area contributed by atoms with Gasteiger partial charge in [0, 0.05) is 18.0 Å². The summed E-state index contributed by atoms with van der Waals surface area (Å²) in [5.41, 5.74) is 2.58. The first-order chi connectivity index (χ1) is 14.2. The van der Waals surface area contributed by atoms with Gasteiger partial charge >= 0.3 is 6.18 Å². The summed E-state index contributed by atoms with van der Waals surface area (Å²) in [5.74, 6) is -0.720. The number of benzene rings is 1. The van der Waals surface area contributed by atoms with Gasteiger partial charge in [-0.25, -0.2) is 23.3 Å². The van der Waals surface area contributed by atoms with Gasteiger partial charge in [0.1, 0.15) is 11.7 Å². The SMILES string of the molecule is FC(F)c1nc2cc([C@H]3C[C@@H]3c3cc(Cl)nn4ccnc34)ccc2n1CC(F)(F)F. The fraction of sp³-hybridized carbons (Fsp3) is 0.316. The summed E-state index contributed by atoms with van der Waals surface area (Å²) < 4.78 is 67.3. The quantitative estimate of drug-likeness (QED) is 0.393. The minimum Gasteiger partial charge on any atom is -0.314 e. The molecule has 0 spiro atoms. The predicted molar refractivity (Wildman–Crippen MR) is 98.8 cm³/mol. The zero-order chi connectivity index (χ0) is 21.2. The van der Waals surface area contributed by atoms with Crippen molar-refractivity contribution in [1.29, 1.82) is 0 Å². The summed E-state index contributed by atoms with van der Waals surface area (Å²) in [5, 5.41) is 4.47. The van der Waals surface area contributed by atoms with Crippen molar-refractivity contribution < 1.29 is 22.0 Å². The number of halogens is 6. The number of rotatable bonds is 4. The standard InChI is InChI=1S/C19H13ClF5N5/c20-15-7-12(17-26-3-4-30(17)28-15)11-6-10(11)9-1-2-14-13(5-9)27-18(16(21)22)29(14)8-19(23,24)25/h1-5,7,10-11,16H,6,8H2/t10-,11+/m1/s1. The van der Waals surface area contributed by atoms with Crippen LogP contribution in [0.4, 0.5) is 22.0 Å². The fourth-order valence-electron chi connectivity index (χ4n) is 4.00. The summed E-state index contributed by atoms with van der Waals surface area (Å²) in [6, 6.07) is 6.43. The van der Waals surface area contributed by atoms with Crippen molar-refractivity contribution in [1.82, 2.24) is 24.1 Å². The van der Waals surface area contributed by atoms with Gasteiger partial charge in [-0.3, -0.25) is 0 Å². The fourth-order valence-corrected chi connectivity index (χ4v) is 4.20. The molecule has 1 aliphatic carbocycles. The third kappa shape index (κ3) is 3.28. The van der Waals surface area contributed by atoms with Crippen molar-refractivity contribution in [2.45, 2.75) is 37.4 Å². The molecule has 1 fully saturated rings. The monoisotopic (exact) mass is 441 g/mol. The molecule has 0 N–H and O–H groups in total. The summed E-state index contributed by atoms with van der Waals surface area (Å²) in [6.45, 7) is -1.51. The third-order valence-corrected chi connectivity index (χ3v) is 5.49. The van der Waals surface area contributed by atoms with E-state index in [1.165, 1.54) is 6.07 Å². The van der Waals surface area contributed by atoms with E-state index in [9.17, 15) is 22.0 Å². The van der Waals surface area contributed by atoms with E-state index in [4.69, 9.17) is 11.6 Å². The molecule has 3 aromatic heterocycles. The van der Waals surface area contributed by atoms with Crippen LogP contribution in [0.15, 0.2) is 36.7 Å². The van der Waals surface area contributed by atoms with E-state index in [0.717, 1.165) is 17.5 Å². The molecule has 1 aromatic carbocycles. The zero-order valence-electron chi connectivity index (χ0n) is 15.1. The highest BCUT2D eigenvalue weighted by atomic mass is 35.5. The van der Waals surface area contributed by atoms with Crippen LogP contribution in [0.3, 0.4) is 0 Å². The number of fused-ring (bicyclic) bond motifs is 2. The molecular formula is C19H13ClF5N5. The molecule has 0 bridgehead atoms. The molecule has 0 saturated heterocycles. The maximum absolute atomic E-state index is 13.3. The zero-order valence-corrected chi connectivity index (χ0v) is 15.9. The molecule has 0 unspecified atom stereocenters. The summed E-state index contributed by atoms with van der Waals surface area (Å²) in [6.07, 6.45) is -3.66. The molecule has 4 aromatic rings. The van der Waals surface area contributed by atoms with Gasteiger partial charge in [-0.2, -0.15) is 18.3 Å². The lowest BCUT2D eigenvalue weighted by Crippen LogP contribution is -2.19. The lowest BCUT2D eigenvalue weighted by atomic mass is 10.1. The Balaban J connectivity index is 1.51. The van der Waals surface area contributed by atoms with E-state index in [0.29, 0.717) is 15.4 Å². The average Bonchev–Trinajstić information content (AvgIpc) is 3.18. The molecule has 1 aliphatic rings. The van der Waals surface area contributed by atoms with Crippen LogP contribution < -0.4 is 0 Å². The molecular weight excluding hydrogens is 429 g/mol. The van der Waals surface area contributed by atoms with E-state index in [2.05, 4.69) is 15.1 Å². The Morgan fingerprint density at radius 3 is 2.70 bits per heavy atom. The first kappa shape index (κ1) is 19.2. The highest BCUT2D eigenvalue weighted by Crippen LogP contribution is 2.55. The van der Waals surface area contributed by atoms with Crippen LogP contribution in [0.2, 0.25) is 5.15 Å². The van der Waals surface area contributed by atoms with Gasteiger partial charge in [-0.15, -0.1) is 0 Å². The van der Waals surface area contributed by atoms with E-state index in [1.807, 2.05) is 0 Å². The van der Waals surface area contributed by atoms with Crippen molar-refractivity contribution in [3.63, 3.8) is 0 Å². The number of aromatic nitrogens is 5. The molecule has 5 nitrogen and oxygen atoms in total. The summed E-state index contributed by atoms with van der Waals surface area (Å²) >= 11 is 6.09. The van der Waals surface area contributed by atoms with Crippen molar-refractivity contribution in [2.75, 3.05) is 0 Å². The maximum atomic E-state index is 13.3. The molecule has 30 heavy (non-hydrogen) atoms. The van der Waals surface area contributed by atoms with Crippen LogP contribution in [-0.2, 0) is 6.54 Å². The van der Waals surface area contributed by atoms with Crippen molar-refractivity contribution in [3.05, 3.63) is 58.8 Å². The molecule has 0 radical (unpaired) electrons. The van der Waals surface area contributed by atoms with Crippen molar-refractivity contribution in [2.24, 2.45) is 0 Å². The predicted octanol–water partition coefficient (Wildman–Crippen LogP) is 5.50. The summed E-state index contributed by atoms with van der Waals surface area (Å²) in [4.78, 5) is 8.09. The molecule has 156 valence electrons. The number of hydrogen-bond acceptors (Lipinski definition) is 3. The van der Waals surface area contributed by atoms with Gasteiger partial charge in [-0.05, 0) is 42.0 Å². The number of imidazole rings is 2. The van der Waals surface area contributed by atoms with Crippen LogP contribution in [0, 0.1) is 0 Å². The van der Waals surface area contributed by atoms with Crippen LogP contribution in [-0.4, -0.2) is 30.3 Å². The molecule has 3 heterocycles. The van der Waals surface area contributed by atoms with Crippen LogP contribution in [0.5, 0.6) is 0 Å². The van der Waals surface area contributed by atoms with Crippen LogP contribution in [0.1, 0.15) is 41.6 Å². The van der Waals surface area contributed by atoms with Gasteiger partial charge in [-0.1, -0.05) is 17.7 Å². The Bertz CT molecular complexity index is 1260. The first-order valence-electron chi connectivity index (χ1n) is 9.06. The number of nitrogens with zero attached hydrogens (tertiary/aromatic N) is 5. The molecule has 2 atom stereocenters. The number of hydrogen-bond donors (Lipinski definition) is 0. The van der Waals surface area contributed by atoms with E-state index < -0.39 is 25.0 Å². The lowest BCUT2D eigenvalue weighted by Gasteiger charge is -2.11. The van der Waals surface area contributed by atoms with Gasteiger partial charge < -0.3 is 4.57 Å². The number of alkyl halides is 5. The molecule has 5 rings (SSSR count). The van der Waals surface area contributed by atoms with Crippen LogP contribution >= 0.6 is 11.6 Å². The summed E-state index contributed by atoms with van der Waals surface area (Å²) in [7, 11) is 0. The van der Waals surface area contributed by atoms with E-state index in [-0.39, 0.29) is 22.9 Å². The smallest absolute Gasteiger partial charge is 0.314 e. The van der Waals surface area contributed by atoms with E-state index in [1.54, 1.807) is 35.1 Å². The second kappa shape index (κ2) is 6.63. The second-order valence-electron chi connectivity index (χ2n) is 7.29. The van der Waals surface area contributed by atoms with Gasteiger partial charge in [0.25, 0.3) is 6.43 Å². The van der Waals surface area contributed by atoms with Gasteiger partial charge in [0.05, 0.1) is 11.0 Å².